The fourth-order valence-corrected chi connectivity index (χ4v) is 3.57. The number of benzene rings is 3. The summed E-state index contributed by atoms with van der Waals surface area (Å²) in [6.07, 6.45) is 2.90. The van der Waals surface area contributed by atoms with Gasteiger partial charge in [0.1, 0.15) is 0 Å². The Morgan fingerprint density at radius 1 is 0.903 bits per heavy atom. The smallest absolute Gasteiger partial charge is 0.261 e. The van der Waals surface area contributed by atoms with E-state index in [0.29, 0.717) is 17.3 Å². The number of halogens is 2. The molecule has 3 aromatic carbocycles. The van der Waals surface area contributed by atoms with E-state index in [1.54, 1.807) is 30.3 Å². The van der Waals surface area contributed by atoms with Crippen LogP contribution in [0.5, 0.6) is 0 Å². The number of amides is 1. The second-order valence-corrected chi connectivity index (χ2v) is 8.00. The van der Waals surface area contributed by atoms with E-state index in [4.69, 9.17) is 5.26 Å². The average molecular weight is 439 g/mol. The molecule has 0 saturated carbocycles. The molecule has 0 atom stereocenters. The first-order chi connectivity index (χ1) is 14.8. The summed E-state index contributed by atoms with van der Waals surface area (Å²) >= 11 is 0. The van der Waals surface area contributed by atoms with Crippen molar-refractivity contribution in [2.24, 2.45) is 0 Å². The monoisotopic (exact) mass is 439 g/mol. The van der Waals surface area contributed by atoms with E-state index in [-0.39, 0.29) is 5.69 Å². The zero-order valence-electron chi connectivity index (χ0n) is 15.8. The molecule has 6 nitrogen and oxygen atoms in total. The van der Waals surface area contributed by atoms with Crippen molar-refractivity contribution in [2.75, 3.05) is 10.0 Å². The van der Waals surface area contributed by atoms with Crippen LogP contribution in [0.15, 0.2) is 77.7 Å². The quantitative estimate of drug-likeness (QED) is 0.560. The van der Waals surface area contributed by atoms with Crippen LogP contribution in [0.1, 0.15) is 11.1 Å². The third-order valence-electron chi connectivity index (χ3n) is 4.07. The molecule has 3 aromatic rings. The molecule has 156 valence electrons. The van der Waals surface area contributed by atoms with Gasteiger partial charge in [0.15, 0.2) is 11.6 Å². The zero-order chi connectivity index (χ0) is 22.4. The third-order valence-corrected chi connectivity index (χ3v) is 5.45. The molecule has 0 aliphatic heterocycles. The van der Waals surface area contributed by atoms with E-state index in [1.165, 1.54) is 30.3 Å². The number of hydrogen-bond acceptors (Lipinski definition) is 4. The molecule has 0 saturated heterocycles. The van der Waals surface area contributed by atoms with Crippen LogP contribution in [-0.2, 0) is 14.8 Å². The number of nitrogens with one attached hydrogen (secondary N) is 2. The Kier molecular flexibility index (Phi) is 6.43. The van der Waals surface area contributed by atoms with Gasteiger partial charge in [-0.05, 0) is 66.2 Å². The van der Waals surface area contributed by atoms with Crippen molar-refractivity contribution in [3.05, 3.63) is 95.6 Å². The second-order valence-electron chi connectivity index (χ2n) is 6.32. The van der Waals surface area contributed by atoms with Crippen molar-refractivity contribution >= 4 is 33.4 Å². The van der Waals surface area contributed by atoms with E-state index in [1.807, 2.05) is 6.07 Å². The van der Waals surface area contributed by atoms with Crippen molar-refractivity contribution in [1.82, 2.24) is 0 Å². The van der Waals surface area contributed by atoms with Gasteiger partial charge in [0.25, 0.3) is 10.0 Å². The van der Waals surface area contributed by atoms with Gasteiger partial charge in [-0.2, -0.15) is 5.26 Å². The highest BCUT2D eigenvalue weighted by molar-refractivity contribution is 7.92. The Bertz CT molecular complexity index is 1280. The van der Waals surface area contributed by atoms with E-state index in [0.717, 1.165) is 17.7 Å². The molecule has 0 aliphatic carbocycles. The predicted molar refractivity (Wildman–Crippen MR) is 112 cm³/mol. The molecular formula is C22H15F2N3O3S. The van der Waals surface area contributed by atoms with Crippen LogP contribution >= 0.6 is 0 Å². The number of hydrogen-bond donors (Lipinski definition) is 2. The minimum absolute atomic E-state index is 0.177. The highest BCUT2D eigenvalue weighted by Gasteiger charge is 2.16. The molecule has 9 heteroatoms. The number of nitrogens with zero attached hydrogens (tertiary/aromatic N) is 1. The van der Waals surface area contributed by atoms with Gasteiger partial charge in [0.2, 0.25) is 5.91 Å². The molecule has 2 N–H and O–H groups in total. The van der Waals surface area contributed by atoms with Crippen LogP contribution in [0, 0.1) is 23.0 Å². The number of rotatable bonds is 6. The Balaban J connectivity index is 1.62. The Labute approximate surface area is 177 Å². The Hall–Kier alpha value is -4.03. The normalized spacial score (nSPS) is 11.1. The van der Waals surface area contributed by atoms with Crippen molar-refractivity contribution in [1.29, 1.82) is 5.26 Å². The van der Waals surface area contributed by atoms with Gasteiger partial charge in [0, 0.05) is 17.5 Å². The summed E-state index contributed by atoms with van der Waals surface area (Å²) < 4.78 is 53.1. The molecule has 3 rings (SSSR count). The Morgan fingerprint density at radius 2 is 1.55 bits per heavy atom. The maximum Gasteiger partial charge on any atom is 0.261 e. The summed E-state index contributed by atoms with van der Waals surface area (Å²) in [7, 11) is -4.11. The lowest BCUT2D eigenvalue weighted by Crippen LogP contribution is -2.13. The van der Waals surface area contributed by atoms with Crippen molar-refractivity contribution in [3.8, 4) is 6.07 Å². The van der Waals surface area contributed by atoms with Crippen molar-refractivity contribution < 1.29 is 22.0 Å². The number of carbonyl (C=O) groups excluding carboxylic acids is 1. The van der Waals surface area contributed by atoms with Crippen LogP contribution in [0.3, 0.4) is 0 Å². The molecule has 0 unspecified atom stereocenters. The largest absolute Gasteiger partial charge is 0.323 e. The van der Waals surface area contributed by atoms with Crippen molar-refractivity contribution in [3.63, 3.8) is 0 Å². The number of anilines is 2. The molecule has 0 radical (unpaired) electrons. The molecule has 1 amide bonds. The van der Waals surface area contributed by atoms with Crippen LogP contribution in [0.25, 0.3) is 6.08 Å². The molecule has 0 aliphatic rings. The van der Waals surface area contributed by atoms with E-state index in [2.05, 4.69) is 10.0 Å². The average Bonchev–Trinajstić information content (AvgIpc) is 2.75. The van der Waals surface area contributed by atoms with E-state index in [9.17, 15) is 22.0 Å². The Morgan fingerprint density at radius 3 is 2.16 bits per heavy atom. The first-order valence-electron chi connectivity index (χ1n) is 8.84. The van der Waals surface area contributed by atoms with Crippen molar-refractivity contribution in [2.45, 2.75) is 4.90 Å². The van der Waals surface area contributed by atoms with Crippen LogP contribution < -0.4 is 10.0 Å². The van der Waals surface area contributed by atoms with Gasteiger partial charge in [-0.25, -0.2) is 17.2 Å². The van der Waals surface area contributed by atoms with Crippen LogP contribution in [0.4, 0.5) is 20.2 Å². The highest BCUT2D eigenvalue weighted by Crippen LogP contribution is 2.20. The van der Waals surface area contributed by atoms with E-state index < -0.39 is 32.5 Å². The minimum Gasteiger partial charge on any atom is -0.323 e. The SMILES string of the molecule is N#Cc1ccc(/C=C/C(=O)Nc2ccc(NS(=O)(=O)c3ccc(F)c(F)c3)cc2)cc1. The molecule has 0 fully saturated rings. The summed E-state index contributed by atoms with van der Waals surface area (Å²) in [5.41, 5.74) is 1.86. The number of carbonyl (C=O) groups is 1. The van der Waals surface area contributed by atoms with Gasteiger partial charge in [-0.15, -0.1) is 0 Å². The second kappa shape index (κ2) is 9.19. The lowest BCUT2D eigenvalue weighted by molar-refractivity contribution is -0.111. The molecule has 31 heavy (non-hydrogen) atoms. The van der Waals surface area contributed by atoms with Gasteiger partial charge in [-0.1, -0.05) is 12.1 Å². The third kappa shape index (κ3) is 5.74. The topological polar surface area (TPSA) is 99.1 Å². The maximum absolute atomic E-state index is 13.3. The number of nitriles is 1. The lowest BCUT2D eigenvalue weighted by atomic mass is 10.1. The first-order valence-corrected chi connectivity index (χ1v) is 10.3. The molecule has 0 spiro atoms. The zero-order valence-corrected chi connectivity index (χ0v) is 16.7. The fourth-order valence-electron chi connectivity index (χ4n) is 2.50. The lowest BCUT2D eigenvalue weighted by Gasteiger charge is -2.09. The summed E-state index contributed by atoms with van der Waals surface area (Å²) in [5, 5.41) is 11.4. The standard InChI is InChI=1S/C22H15F2N3O3S/c23-20-11-10-19(13-21(20)24)31(29,30)27-18-8-6-17(7-9-18)26-22(28)12-5-15-1-3-16(14-25)4-2-15/h1-13,27H,(H,26,28)/b12-5+. The predicted octanol–water partition coefficient (Wildman–Crippen LogP) is 4.29. The summed E-state index contributed by atoms with van der Waals surface area (Å²) in [6.45, 7) is 0. The fraction of sp³-hybridized carbons (Fsp3) is 0. The van der Waals surface area contributed by atoms with Gasteiger partial charge >= 0.3 is 0 Å². The van der Waals surface area contributed by atoms with Gasteiger partial charge in [0.05, 0.1) is 16.5 Å². The molecular weight excluding hydrogens is 424 g/mol. The summed E-state index contributed by atoms with van der Waals surface area (Å²) in [6, 6.07) is 16.8. The highest BCUT2D eigenvalue weighted by atomic mass is 32.2. The van der Waals surface area contributed by atoms with Crippen LogP contribution in [0.2, 0.25) is 0 Å². The van der Waals surface area contributed by atoms with Gasteiger partial charge < -0.3 is 5.32 Å². The maximum atomic E-state index is 13.3. The summed E-state index contributed by atoms with van der Waals surface area (Å²) in [5.74, 6) is -2.82. The summed E-state index contributed by atoms with van der Waals surface area (Å²) in [4.78, 5) is 11.6. The minimum atomic E-state index is -4.11. The molecule has 0 heterocycles. The van der Waals surface area contributed by atoms with Crippen LogP contribution in [-0.4, -0.2) is 14.3 Å². The molecule has 0 bridgehead atoms. The number of sulfonamides is 1. The van der Waals surface area contributed by atoms with Gasteiger partial charge in [-0.3, -0.25) is 9.52 Å². The molecule has 0 aromatic heterocycles. The first kappa shape index (κ1) is 21.7. The van der Waals surface area contributed by atoms with E-state index >= 15 is 0 Å².